The first-order valence-electron chi connectivity index (χ1n) is 12.6. The van der Waals surface area contributed by atoms with Gasteiger partial charge in [-0.1, -0.05) is 25.8 Å². The summed E-state index contributed by atoms with van der Waals surface area (Å²) < 4.78 is 35.2. The largest absolute Gasteiger partial charge is 0.514 e. The van der Waals surface area contributed by atoms with Gasteiger partial charge in [-0.05, 0) is 58.2 Å². The number of hydrogen-bond acceptors (Lipinski definition) is 12. The minimum absolute atomic E-state index is 0.0275. The molecule has 0 unspecified atom stereocenters. The van der Waals surface area contributed by atoms with Crippen LogP contribution in [0.1, 0.15) is 59.4 Å². The maximum Gasteiger partial charge on any atom is 0.514 e. The summed E-state index contributed by atoms with van der Waals surface area (Å²) in [6.45, 7) is 9.06. The number of methoxy groups -OCH3 is 1. The van der Waals surface area contributed by atoms with E-state index in [1.165, 1.54) is 19.2 Å². The Balaban J connectivity index is 2.88. The lowest BCUT2D eigenvalue weighted by Crippen LogP contribution is -2.41. The van der Waals surface area contributed by atoms with Gasteiger partial charge in [0.1, 0.15) is 12.6 Å². The molecule has 12 heteroatoms. The summed E-state index contributed by atoms with van der Waals surface area (Å²) in [5.74, 6) is -0.741. The molecule has 1 N–H and O–H groups in total. The van der Waals surface area contributed by atoms with Crippen molar-refractivity contribution in [3.63, 3.8) is 0 Å². The Hall–Kier alpha value is -3.54. The summed E-state index contributed by atoms with van der Waals surface area (Å²) in [4.78, 5) is 48.0. The average molecular weight is 542 g/mol. The second-order valence-corrected chi connectivity index (χ2v) is 8.71. The Labute approximate surface area is 223 Å². The highest BCUT2D eigenvalue weighted by Crippen LogP contribution is 2.30. The van der Waals surface area contributed by atoms with Gasteiger partial charge in [0, 0.05) is 6.54 Å². The quantitative estimate of drug-likeness (QED) is 0.144. The number of rotatable bonds is 15. The zero-order valence-electron chi connectivity index (χ0n) is 22.9. The Bertz CT molecular complexity index is 901. The highest BCUT2D eigenvalue weighted by atomic mass is 16.8. The van der Waals surface area contributed by atoms with E-state index in [0.717, 1.165) is 19.3 Å². The number of ether oxygens (including phenoxy) is 7. The first-order valence-corrected chi connectivity index (χ1v) is 12.6. The van der Waals surface area contributed by atoms with Crippen LogP contribution in [0.25, 0.3) is 0 Å². The van der Waals surface area contributed by atoms with Crippen molar-refractivity contribution in [1.29, 1.82) is 0 Å². The van der Waals surface area contributed by atoms with Crippen LogP contribution in [0.2, 0.25) is 0 Å². The average Bonchev–Trinajstić information content (AvgIpc) is 2.83. The van der Waals surface area contributed by atoms with Crippen LogP contribution >= 0.6 is 0 Å². The lowest BCUT2D eigenvalue weighted by atomic mass is 10.1. The van der Waals surface area contributed by atoms with Crippen molar-refractivity contribution in [2.45, 2.75) is 78.6 Å². The second kappa shape index (κ2) is 17.8. The van der Waals surface area contributed by atoms with E-state index >= 15 is 0 Å². The number of unbranched alkanes of at least 4 members (excludes halogenated alkanes) is 2. The SMILES string of the molecule is CCCCCOC(=O)OCCN[C@@H](Cc1ccc(OC(=O)OC(C)C)c(OC(=O)OC(C)C)c1)C(=O)OC. The third-order valence-corrected chi connectivity index (χ3v) is 4.66. The van der Waals surface area contributed by atoms with Crippen LogP contribution in [0.15, 0.2) is 18.2 Å². The summed E-state index contributed by atoms with van der Waals surface area (Å²) in [6, 6.07) is 3.60. The number of esters is 1. The summed E-state index contributed by atoms with van der Waals surface area (Å²) >= 11 is 0. The zero-order valence-corrected chi connectivity index (χ0v) is 22.9. The van der Waals surface area contributed by atoms with E-state index in [0.29, 0.717) is 5.56 Å². The molecule has 1 atom stereocenters. The molecule has 0 bridgehead atoms. The maximum atomic E-state index is 12.3. The highest BCUT2D eigenvalue weighted by Gasteiger charge is 2.22. The van der Waals surface area contributed by atoms with E-state index in [2.05, 4.69) is 5.32 Å². The van der Waals surface area contributed by atoms with Crippen molar-refractivity contribution in [2.24, 2.45) is 0 Å². The molecule has 214 valence electrons. The summed E-state index contributed by atoms with van der Waals surface area (Å²) in [5.41, 5.74) is 0.543. The molecule has 1 rings (SSSR count). The number of carbonyl (C=O) groups is 4. The van der Waals surface area contributed by atoms with Gasteiger partial charge in [-0.3, -0.25) is 4.79 Å². The molecule has 0 radical (unpaired) electrons. The highest BCUT2D eigenvalue weighted by molar-refractivity contribution is 5.76. The monoisotopic (exact) mass is 541 g/mol. The predicted molar refractivity (Wildman–Crippen MR) is 135 cm³/mol. The van der Waals surface area contributed by atoms with Crippen LogP contribution in [0, 0.1) is 0 Å². The van der Waals surface area contributed by atoms with Crippen LogP contribution in [-0.2, 0) is 34.9 Å². The van der Waals surface area contributed by atoms with Gasteiger partial charge < -0.3 is 38.5 Å². The molecule has 0 spiro atoms. The Kier molecular flexibility index (Phi) is 15.2. The smallest absolute Gasteiger partial charge is 0.468 e. The molecule has 0 heterocycles. The molecule has 0 amide bonds. The zero-order chi connectivity index (χ0) is 28.5. The fourth-order valence-electron chi connectivity index (χ4n) is 2.99. The van der Waals surface area contributed by atoms with Gasteiger partial charge in [-0.25, -0.2) is 14.4 Å². The molecule has 1 aromatic carbocycles. The number of hydrogen-bond donors (Lipinski definition) is 1. The summed E-state index contributed by atoms with van der Waals surface area (Å²) in [6.07, 6.45) is -0.782. The molecule has 0 fully saturated rings. The van der Waals surface area contributed by atoms with Crippen molar-refractivity contribution >= 4 is 24.4 Å². The molecule has 0 saturated heterocycles. The Morgan fingerprint density at radius 1 is 0.816 bits per heavy atom. The fraction of sp³-hybridized carbons (Fsp3) is 0.615. The Morgan fingerprint density at radius 3 is 2.00 bits per heavy atom. The molecule has 12 nitrogen and oxygen atoms in total. The number of nitrogens with one attached hydrogen (secondary N) is 1. The molecular formula is C26H39NO11. The normalized spacial score (nSPS) is 11.5. The maximum absolute atomic E-state index is 12.3. The minimum Gasteiger partial charge on any atom is -0.468 e. The van der Waals surface area contributed by atoms with E-state index in [9.17, 15) is 19.2 Å². The Morgan fingerprint density at radius 2 is 1.42 bits per heavy atom. The van der Waals surface area contributed by atoms with Crippen molar-refractivity contribution in [2.75, 3.05) is 26.9 Å². The third-order valence-electron chi connectivity index (χ3n) is 4.66. The van der Waals surface area contributed by atoms with Gasteiger partial charge in [0.15, 0.2) is 11.5 Å². The molecule has 1 aromatic rings. The first kappa shape index (κ1) is 32.5. The topological polar surface area (TPSA) is 145 Å². The lowest BCUT2D eigenvalue weighted by molar-refractivity contribution is -0.143. The van der Waals surface area contributed by atoms with Crippen molar-refractivity contribution in [3.05, 3.63) is 23.8 Å². The van der Waals surface area contributed by atoms with Crippen LogP contribution in [0.5, 0.6) is 11.5 Å². The molecule has 0 aromatic heterocycles. The standard InChI is InChI=1S/C26H39NO11/c1-7-8-9-13-33-24(29)34-14-12-27-20(23(28)32-6)15-19-10-11-21(37-25(30)35-17(2)3)22(16-19)38-26(31)36-18(4)5/h10-11,16-18,20,27H,7-9,12-15H2,1-6H3/t20-/m0/s1. The van der Waals surface area contributed by atoms with Crippen LogP contribution in [0.3, 0.4) is 0 Å². The van der Waals surface area contributed by atoms with E-state index in [-0.39, 0.29) is 37.7 Å². The second-order valence-electron chi connectivity index (χ2n) is 8.71. The van der Waals surface area contributed by atoms with Crippen molar-refractivity contribution < 1.29 is 52.3 Å². The number of benzene rings is 1. The van der Waals surface area contributed by atoms with E-state index < -0.39 is 42.7 Å². The first-order chi connectivity index (χ1) is 18.0. The lowest BCUT2D eigenvalue weighted by Gasteiger charge is -2.18. The van der Waals surface area contributed by atoms with Crippen molar-refractivity contribution in [1.82, 2.24) is 5.32 Å². The van der Waals surface area contributed by atoms with Gasteiger partial charge in [0.2, 0.25) is 0 Å². The van der Waals surface area contributed by atoms with Gasteiger partial charge in [0.25, 0.3) is 0 Å². The molecule has 0 aliphatic heterocycles. The molecule has 0 saturated carbocycles. The molecule has 38 heavy (non-hydrogen) atoms. The van der Waals surface area contributed by atoms with E-state index in [1.807, 2.05) is 6.92 Å². The molecular weight excluding hydrogens is 502 g/mol. The predicted octanol–water partition coefficient (Wildman–Crippen LogP) is 4.55. The van der Waals surface area contributed by atoms with Gasteiger partial charge in [0.05, 0.1) is 25.9 Å². The molecule has 0 aliphatic rings. The number of carbonyl (C=O) groups excluding carboxylic acids is 4. The van der Waals surface area contributed by atoms with Gasteiger partial charge in [-0.15, -0.1) is 0 Å². The van der Waals surface area contributed by atoms with Gasteiger partial charge in [-0.2, -0.15) is 0 Å². The summed E-state index contributed by atoms with van der Waals surface area (Å²) in [7, 11) is 1.24. The van der Waals surface area contributed by atoms with Crippen LogP contribution < -0.4 is 14.8 Å². The van der Waals surface area contributed by atoms with E-state index in [1.54, 1.807) is 33.8 Å². The van der Waals surface area contributed by atoms with Gasteiger partial charge >= 0.3 is 24.4 Å². The van der Waals surface area contributed by atoms with Crippen molar-refractivity contribution in [3.8, 4) is 11.5 Å². The fourth-order valence-corrected chi connectivity index (χ4v) is 2.99. The van der Waals surface area contributed by atoms with Crippen LogP contribution in [-0.4, -0.2) is 69.6 Å². The van der Waals surface area contributed by atoms with Crippen LogP contribution in [0.4, 0.5) is 14.4 Å². The van der Waals surface area contributed by atoms with E-state index in [4.69, 9.17) is 33.2 Å². The molecule has 0 aliphatic carbocycles. The third kappa shape index (κ3) is 13.7. The summed E-state index contributed by atoms with van der Waals surface area (Å²) in [5, 5.41) is 2.96. The minimum atomic E-state index is -0.999.